The van der Waals surface area contributed by atoms with Crippen molar-refractivity contribution in [2.45, 2.75) is 6.18 Å². The minimum Gasteiger partial charge on any atom is -0.395 e. The van der Waals surface area contributed by atoms with Gasteiger partial charge in [0.2, 0.25) is 5.56 Å². The number of aromatic amines is 1. The lowest BCUT2D eigenvalue weighted by Gasteiger charge is -2.22. The van der Waals surface area contributed by atoms with Crippen LogP contribution in [0, 0.1) is 0 Å². The van der Waals surface area contributed by atoms with Crippen LogP contribution in [-0.4, -0.2) is 46.8 Å². The molecule has 0 aliphatic heterocycles. The molecule has 5 nitrogen and oxygen atoms in total. The highest BCUT2D eigenvalue weighted by Crippen LogP contribution is 2.17. The summed E-state index contributed by atoms with van der Waals surface area (Å²) < 4.78 is 36.7. The molecule has 0 saturated heterocycles. The fourth-order valence-corrected chi connectivity index (χ4v) is 1.33. The smallest absolute Gasteiger partial charge is 0.395 e. The average molecular weight is 264 g/mol. The third-order valence-electron chi connectivity index (χ3n) is 2.03. The Morgan fingerprint density at radius 1 is 1.39 bits per heavy atom. The van der Waals surface area contributed by atoms with Gasteiger partial charge in [0.25, 0.3) is 5.91 Å². The van der Waals surface area contributed by atoms with Crippen molar-refractivity contribution < 1.29 is 23.1 Å². The number of carbonyl (C=O) groups is 1. The van der Waals surface area contributed by atoms with Crippen LogP contribution >= 0.6 is 0 Å². The van der Waals surface area contributed by atoms with Crippen molar-refractivity contribution in [1.82, 2.24) is 9.88 Å². The quantitative estimate of drug-likeness (QED) is 0.825. The Hall–Kier alpha value is -1.83. The molecule has 0 spiro atoms. The molecular weight excluding hydrogens is 253 g/mol. The number of alkyl halides is 3. The number of pyridine rings is 1. The molecule has 18 heavy (non-hydrogen) atoms. The minimum absolute atomic E-state index is 0.250. The van der Waals surface area contributed by atoms with Gasteiger partial charge in [0.05, 0.1) is 6.61 Å². The van der Waals surface area contributed by atoms with Crippen LogP contribution in [0.1, 0.15) is 10.5 Å². The maximum Gasteiger partial charge on any atom is 0.406 e. The van der Waals surface area contributed by atoms with Crippen LogP contribution in [0.4, 0.5) is 13.2 Å². The van der Waals surface area contributed by atoms with Gasteiger partial charge >= 0.3 is 6.18 Å². The summed E-state index contributed by atoms with van der Waals surface area (Å²) in [5.74, 6) is -0.987. The predicted octanol–water partition coefficient (Wildman–Crippen LogP) is 0.372. The lowest BCUT2D eigenvalue weighted by atomic mass is 10.3. The van der Waals surface area contributed by atoms with Crippen LogP contribution in [0.25, 0.3) is 0 Å². The largest absolute Gasteiger partial charge is 0.406 e. The maximum atomic E-state index is 12.2. The van der Waals surface area contributed by atoms with Gasteiger partial charge in [-0.25, -0.2) is 0 Å². The van der Waals surface area contributed by atoms with Gasteiger partial charge in [-0.2, -0.15) is 13.2 Å². The molecule has 1 amide bonds. The van der Waals surface area contributed by atoms with Gasteiger partial charge in [-0.05, 0) is 6.07 Å². The van der Waals surface area contributed by atoms with Crippen molar-refractivity contribution >= 4 is 5.91 Å². The summed E-state index contributed by atoms with van der Waals surface area (Å²) in [6.07, 6.45) is -4.57. The van der Waals surface area contributed by atoms with E-state index in [0.29, 0.717) is 4.90 Å². The first-order valence-electron chi connectivity index (χ1n) is 5.00. The van der Waals surface area contributed by atoms with Crippen LogP contribution in [-0.2, 0) is 0 Å². The summed E-state index contributed by atoms with van der Waals surface area (Å²) in [5, 5.41) is 8.65. The topological polar surface area (TPSA) is 73.4 Å². The van der Waals surface area contributed by atoms with Crippen LogP contribution in [0.2, 0.25) is 0 Å². The van der Waals surface area contributed by atoms with Crippen molar-refractivity contribution in [2.75, 3.05) is 19.7 Å². The second kappa shape index (κ2) is 5.67. The number of carbonyl (C=O) groups excluding carboxylic acids is 1. The van der Waals surface area contributed by atoms with Crippen molar-refractivity contribution in [2.24, 2.45) is 0 Å². The summed E-state index contributed by atoms with van der Waals surface area (Å²) in [6, 6.07) is 3.60. The monoisotopic (exact) mass is 264 g/mol. The van der Waals surface area contributed by atoms with E-state index in [0.717, 1.165) is 6.07 Å². The molecule has 0 unspecified atom stereocenters. The lowest BCUT2D eigenvalue weighted by molar-refractivity contribution is -0.141. The number of nitrogens with one attached hydrogen (secondary N) is 1. The van der Waals surface area contributed by atoms with E-state index in [-0.39, 0.29) is 5.69 Å². The minimum atomic E-state index is -4.57. The first kappa shape index (κ1) is 14.2. The molecule has 0 saturated carbocycles. The Morgan fingerprint density at radius 3 is 2.56 bits per heavy atom. The van der Waals surface area contributed by atoms with Crippen molar-refractivity contribution in [3.8, 4) is 0 Å². The molecule has 8 heteroatoms. The van der Waals surface area contributed by atoms with Crippen LogP contribution in [0.5, 0.6) is 0 Å². The molecule has 1 aromatic heterocycles. The summed E-state index contributed by atoms with van der Waals surface area (Å²) in [6.45, 7) is -2.54. The molecule has 0 fully saturated rings. The van der Waals surface area contributed by atoms with E-state index < -0.39 is 37.3 Å². The van der Waals surface area contributed by atoms with Crippen molar-refractivity contribution in [3.05, 3.63) is 34.2 Å². The average Bonchev–Trinajstić information content (AvgIpc) is 2.26. The normalized spacial score (nSPS) is 11.3. The number of halogens is 3. The fraction of sp³-hybridized carbons (Fsp3) is 0.400. The summed E-state index contributed by atoms with van der Waals surface area (Å²) in [5.41, 5.74) is -0.836. The molecule has 0 atom stereocenters. The molecule has 0 aliphatic carbocycles. The zero-order valence-electron chi connectivity index (χ0n) is 9.20. The van der Waals surface area contributed by atoms with E-state index >= 15 is 0 Å². The van der Waals surface area contributed by atoms with Gasteiger partial charge in [0, 0.05) is 12.6 Å². The van der Waals surface area contributed by atoms with Gasteiger partial charge in [-0.1, -0.05) is 6.07 Å². The molecular formula is C10H11F3N2O3. The Balaban J connectivity index is 2.92. The number of aliphatic hydroxyl groups excluding tert-OH is 1. The predicted molar refractivity (Wildman–Crippen MR) is 56.1 cm³/mol. The van der Waals surface area contributed by atoms with Gasteiger partial charge < -0.3 is 15.0 Å². The lowest BCUT2D eigenvalue weighted by Crippen LogP contribution is -2.41. The second-order valence-electron chi connectivity index (χ2n) is 3.49. The number of hydrogen-bond donors (Lipinski definition) is 2. The van der Waals surface area contributed by atoms with Crippen LogP contribution in [0.15, 0.2) is 23.0 Å². The number of H-pyrrole nitrogens is 1. The molecule has 0 aliphatic rings. The Bertz CT molecular complexity index is 470. The highest BCUT2D eigenvalue weighted by Gasteiger charge is 2.33. The SMILES string of the molecule is O=C(c1cccc(=O)[nH]1)N(CCO)CC(F)(F)F. The molecule has 1 rings (SSSR count). The van der Waals surface area contributed by atoms with Gasteiger partial charge in [0.15, 0.2) is 0 Å². The molecule has 0 radical (unpaired) electrons. The van der Waals surface area contributed by atoms with Crippen molar-refractivity contribution in [3.63, 3.8) is 0 Å². The van der Waals surface area contributed by atoms with E-state index in [2.05, 4.69) is 4.98 Å². The van der Waals surface area contributed by atoms with E-state index in [1.807, 2.05) is 0 Å². The zero-order chi connectivity index (χ0) is 13.8. The third-order valence-corrected chi connectivity index (χ3v) is 2.03. The number of aliphatic hydroxyl groups is 1. The highest BCUT2D eigenvalue weighted by atomic mass is 19.4. The van der Waals surface area contributed by atoms with E-state index in [1.54, 1.807) is 0 Å². The second-order valence-corrected chi connectivity index (χ2v) is 3.49. The molecule has 1 heterocycles. The maximum absolute atomic E-state index is 12.2. The van der Waals surface area contributed by atoms with E-state index in [1.165, 1.54) is 12.1 Å². The van der Waals surface area contributed by atoms with Crippen LogP contribution < -0.4 is 5.56 Å². The number of nitrogens with zero attached hydrogens (tertiary/aromatic N) is 1. The molecule has 100 valence electrons. The molecule has 1 aromatic rings. The first-order valence-corrected chi connectivity index (χ1v) is 5.00. The Labute approximate surface area is 99.8 Å². The number of rotatable bonds is 4. The third kappa shape index (κ3) is 4.21. The standard InChI is InChI=1S/C10H11F3N2O3/c11-10(12,13)6-15(4-5-16)9(18)7-2-1-3-8(17)14-7/h1-3,16H,4-6H2,(H,14,17). The van der Waals surface area contributed by atoms with E-state index in [9.17, 15) is 22.8 Å². The van der Waals surface area contributed by atoms with Gasteiger partial charge in [-0.3, -0.25) is 9.59 Å². The first-order chi connectivity index (χ1) is 8.33. The fourth-order valence-electron chi connectivity index (χ4n) is 1.33. The summed E-state index contributed by atoms with van der Waals surface area (Å²) in [7, 11) is 0. The van der Waals surface area contributed by atoms with E-state index in [4.69, 9.17) is 5.11 Å². The number of amides is 1. The van der Waals surface area contributed by atoms with Gasteiger partial charge in [-0.15, -0.1) is 0 Å². The number of aromatic nitrogens is 1. The zero-order valence-corrected chi connectivity index (χ0v) is 9.20. The number of hydrogen-bond acceptors (Lipinski definition) is 3. The molecule has 0 bridgehead atoms. The molecule has 2 N–H and O–H groups in total. The highest BCUT2D eigenvalue weighted by molar-refractivity contribution is 5.92. The Kier molecular flexibility index (Phi) is 4.49. The van der Waals surface area contributed by atoms with Crippen LogP contribution in [0.3, 0.4) is 0 Å². The van der Waals surface area contributed by atoms with Gasteiger partial charge in [0.1, 0.15) is 12.2 Å². The molecule has 0 aromatic carbocycles. The van der Waals surface area contributed by atoms with Crippen molar-refractivity contribution in [1.29, 1.82) is 0 Å². The summed E-state index contributed by atoms with van der Waals surface area (Å²) in [4.78, 5) is 25.2. The summed E-state index contributed by atoms with van der Waals surface area (Å²) >= 11 is 0. The Morgan fingerprint density at radius 2 is 2.06 bits per heavy atom.